The number of likely N-dealkylation sites (tertiary alicyclic amines) is 1. The molecule has 1 aliphatic carbocycles. The number of imidazole rings is 1. The summed E-state index contributed by atoms with van der Waals surface area (Å²) in [4.78, 5) is 33.5. The van der Waals surface area contributed by atoms with Gasteiger partial charge in [0.2, 0.25) is 0 Å². The van der Waals surface area contributed by atoms with Gasteiger partial charge in [-0.05, 0) is 37.5 Å². The number of methoxy groups -OCH3 is 1. The number of aromatic nitrogens is 2. The van der Waals surface area contributed by atoms with Gasteiger partial charge < -0.3 is 19.1 Å². The second-order valence-electron chi connectivity index (χ2n) is 7.53. The third-order valence-electron chi connectivity index (χ3n) is 5.56. The number of carbonyl (C=O) groups is 2. The van der Waals surface area contributed by atoms with E-state index in [0.717, 1.165) is 45.6 Å². The lowest BCUT2D eigenvalue weighted by molar-refractivity contribution is 0.0608. The molecule has 1 aromatic rings. The zero-order valence-corrected chi connectivity index (χ0v) is 14.8. The SMILES string of the molecule is COCC1CCN(C(=O)c2cn3c(n2)C(=O)N(CC2CC2)CC3)CC1. The Kier molecular flexibility index (Phi) is 4.50. The van der Waals surface area contributed by atoms with Gasteiger partial charge in [0.25, 0.3) is 11.8 Å². The van der Waals surface area contributed by atoms with Gasteiger partial charge in [0.15, 0.2) is 5.82 Å². The summed E-state index contributed by atoms with van der Waals surface area (Å²) in [5, 5.41) is 0. The van der Waals surface area contributed by atoms with Gasteiger partial charge in [0.1, 0.15) is 5.69 Å². The Bertz CT molecular complexity index is 659. The Morgan fingerprint density at radius 3 is 2.60 bits per heavy atom. The molecule has 0 unspecified atom stereocenters. The van der Waals surface area contributed by atoms with Crippen LogP contribution in [0.2, 0.25) is 0 Å². The molecule has 4 rings (SSSR count). The van der Waals surface area contributed by atoms with E-state index in [1.165, 1.54) is 12.8 Å². The average molecular weight is 346 g/mol. The number of fused-ring (bicyclic) bond motifs is 1. The predicted octanol–water partition coefficient (Wildman–Crippen LogP) is 1.25. The van der Waals surface area contributed by atoms with E-state index in [1.54, 1.807) is 13.3 Å². The zero-order chi connectivity index (χ0) is 17.4. The summed E-state index contributed by atoms with van der Waals surface area (Å²) in [6.07, 6.45) is 6.12. The van der Waals surface area contributed by atoms with Crippen LogP contribution in [0.15, 0.2) is 6.20 Å². The molecular weight excluding hydrogens is 320 g/mol. The number of amides is 2. The summed E-state index contributed by atoms with van der Waals surface area (Å²) in [7, 11) is 1.72. The van der Waals surface area contributed by atoms with Crippen molar-refractivity contribution in [1.29, 1.82) is 0 Å². The maximum Gasteiger partial charge on any atom is 0.289 e. The largest absolute Gasteiger partial charge is 0.384 e. The van der Waals surface area contributed by atoms with Crippen molar-refractivity contribution >= 4 is 11.8 Å². The highest BCUT2D eigenvalue weighted by atomic mass is 16.5. The highest BCUT2D eigenvalue weighted by Gasteiger charge is 2.33. The van der Waals surface area contributed by atoms with Crippen LogP contribution in [0.4, 0.5) is 0 Å². The van der Waals surface area contributed by atoms with Gasteiger partial charge in [0.05, 0.1) is 0 Å². The summed E-state index contributed by atoms with van der Waals surface area (Å²) in [5.74, 6) is 1.53. The first-order chi connectivity index (χ1) is 12.2. The lowest BCUT2D eigenvalue weighted by Crippen LogP contribution is -2.41. The number of carbonyl (C=O) groups excluding carboxylic acids is 2. The molecule has 0 atom stereocenters. The van der Waals surface area contributed by atoms with Crippen LogP contribution in [0.3, 0.4) is 0 Å². The van der Waals surface area contributed by atoms with Crippen molar-refractivity contribution < 1.29 is 14.3 Å². The van der Waals surface area contributed by atoms with Gasteiger partial charge in [-0.15, -0.1) is 0 Å². The quantitative estimate of drug-likeness (QED) is 0.805. The van der Waals surface area contributed by atoms with E-state index >= 15 is 0 Å². The van der Waals surface area contributed by atoms with Gasteiger partial charge in [-0.3, -0.25) is 9.59 Å². The molecule has 0 bridgehead atoms. The van der Waals surface area contributed by atoms with Crippen molar-refractivity contribution in [2.24, 2.45) is 11.8 Å². The number of ether oxygens (including phenoxy) is 1. The Balaban J connectivity index is 1.42. The normalized spacial score (nSPS) is 21.6. The average Bonchev–Trinajstić information content (AvgIpc) is 3.33. The standard InChI is InChI=1S/C18H26N4O3/c1-25-12-14-4-6-20(7-5-14)17(23)15-11-21-8-9-22(10-13-2-3-13)18(24)16(21)19-15/h11,13-14H,2-10,12H2,1H3. The second kappa shape index (κ2) is 6.78. The van der Waals surface area contributed by atoms with Crippen LogP contribution in [-0.4, -0.2) is 71.1 Å². The van der Waals surface area contributed by atoms with E-state index in [4.69, 9.17) is 4.74 Å². The van der Waals surface area contributed by atoms with Crippen LogP contribution in [0, 0.1) is 11.8 Å². The lowest BCUT2D eigenvalue weighted by atomic mass is 9.97. The van der Waals surface area contributed by atoms with Gasteiger partial charge in [0, 0.05) is 52.6 Å². The van der Waals surface area contributed by atoms with E-state index < -0.39 is 0 Å². The minimum Gasteiger partial charge on any atom is -0.384 e. The monoisotopic (exact) mass is 346 g/mol. The summed E-state index contributed by atoms with van der Waals surface area (Å²) < 4.78 is 7.05. The van der Waals surface area contributed by atoms with Gasteiger partial charge >= 0.3 is 0 Å². The van der Waals surface area contributed by atoms with Gasteiger partial charge in [-0.1, -0.05) is 0 Å². The Labute approximate surface area is 147 Å². The third kappa shape index (κ3) is 3.42. The molecule has 3 heterocycles. The molecule has 2 amide bonds. The zero-order valence-electron chi connectivity index (χ0n) is 14.8. The van der Waals surface area contributed by atoms with Crippen LogP contribution in [0.25, 0.3) is 0 Å². The molecule has 1 saturated carbocycles. The fourth-order valence-electron chi connectivity index (χ4n) is 3.82. The summed E-state index contributed by atoms with van der Waals surface area (Å²) >= 11 is 0. The van der Waals surface area contributed by atoms with Crippen molar-refractivity contribution in [3.05, 3.63) is 17.7 Å². The summed E-state index contributed by atoms with van der Waals surface area (Å²) in [5.41, 5.74) is 0.404. The molecule has 2 aliphatic heterocycles. The molecule has 0 radical (unpaired) electrons. The first kappa shape index (κ1) is 16.6. The van der Waals surface area contributed by atoms with Crippen molar-refractivity contribution in [2.75, 3.05) is 39.9 Å². The summed E-state index contributed by atoms with van der Waals surface area (Å²) in [6, 6.07) is 0. The maximum absolute atomic E-state index is 12.8. The van der Waals surface area contributed by atoms with Crippen molar-refractivity contribution in [1.82, 2.24) is 19.4 Å². The fourth-order valence-corrected chi connectivity index (χ4v) is 3.82. The number of nitrogens with zero attached hydrogens (tertiary/aromatic N) is 4. The number of rotatable bonds is 5. The Hall–Kier alpha value is -1.89. The molecule has 3 aliphatic rings. The predicted molar refractivity (Wildman–Crippen MR) is 91.4 cm³/mol. The molecular formula is C18H26N4O3. The van der Waals surface area contributed by atoms with Crippen LogP contribution < -0.4 is 0 Å². The Morgan fingerprint density at radius 1 is 1.16 bits per heavy atom. The van der Waals surface area contributed by atoms with Crippen molar-refractivity contribution in [2.45, 2.75) is 32.2 Å². The van der Waals surface area contributed by atoms with E-state index in [9.17, 15) is 9.59 Å². The number of piperidine rings is 1. The smallest absolute Gasteiger partial charge is 0.289 e. The molecule has 1 aromatic heterocycles. The van der Waals surface area contributed by atoms with Crippen molar-refractivity contribution in [3.63, 3.8) is 0 Å². The maximum atomic E-state index is 12.8. The van der Waals surface area contributed by atoms with Crippen LogP contribution >= 0.6 is 0 Å². The van der Waals surface area contributed by atoms with Crippen LogP contribution in [0.1, 0.15) is 46.8 Å². The minimum atomic E-state index is -0.0562. The van der Waals surface area contributed by atoms with Gasteiger partial charge in [-0.25, -0.2) is 4.98 Å². The highest BCUT2D eigenvalue weighted by molar-refractivity contribution is 5.96. The molecule has 2 fully saturated rings. The lowest BCUT2D eigenvalue weighted by Gasteiger charge is -2.31. The van der Waals surface area contributed by atoms with Crippen molar-refractivity contribution in [3.8, 4) is 0 Å². The highest BCUT2D eigenvalue weighted by Crippen LogP contribution is 2.30. The molecule has 0 N–H and O–H groups in total. The molecule has 1 saturated heterocycles. The van der Waals surface area contributed by atoms with E-state index in [0.29, 0.717) is 29.9 Å². The van der Waals surface area contributed by atoms with E-state index in [-0.39, 0.29) is 11.8 Å². The fraction of sp³-hybridized carbons (Fsp3) is 0.722. The number of hydrogen-bond acceptors (Lipinski definition) is 4. The molecule has 7 heteroatoms. The first-order valence-corrected chi connectivity index (χ1v) is 9.30. The van der Waals surface area contributed by atoms with Gasteiger partial charge in [-0.2, -0.15) is 0 Å². The second-order valence-corrected chi connectivity index (χ2v) is 7.53. The molecule has 0 spiro atoms. The minimum absolute atomic E-state index is 0.0315. The Morgan fingerprint density at radius 2 is 1.92 bits per heavy atom. The molecule has 7 nitrogen and oxygen atoms in total. The van der Waals surface area contributed by atoms with Crippen LogP contribution in [-0.2, 0) is 11.3 Å². The first-order valence-electron chi connectivity index (χ1n) is 9.30. The third-order valence-corrected chi connectivity index (χ3v) is 5.56. The van der Waals surface area contributed by atoms with E-state index in [2.05, 4.69) is 4.98 Å². The van der Waals surface area contributed by atoms with E-state index in [1.807, 2.05) is 14.4 Å². The summed E-state index contributed by atoms with van der Waals surface area (Å²) in [6.45, 7) is 4.50. The van der Waals surface area contributed by atoms with Crippen LogP contribution in [0.5, 0.6) is 0 Å². The molecule has 25 heavy (non-hydrogen) atoms. The molecule has 136 valence electrons. The molecule has 0 aromatic carbocycles. The number of hydrogen-bond donors (Lipinski definition) is 0. The topological polar surface area (TPSA) is 67.7 Å².